The zero-order chi connectivity index (χ0) is 22.0. The van der Waals surface area contributed by atoms with E-state index in [9.17, 15) is 17.6 Å². The lowest BCUT2D eigenvalue weighted by Gasteiger charge is -2.27. The zero-order valence-corrected chi connectivity index (χ0v) is 17.8. The van der Waals surface area contributed by atoms with Gasteiger partial charge in [-0.05, 0) is 61.0 Å². The van der Waals surface area contributed by atoms with Gasteiger partial charge in [0.25, 0.3) is 5.91 Å². The fourth-order valence-electron chi connectivity index (χ4n) is 3.71. The first-order valence-electron chi connectivity index (χ1n) is 9.85. The number of ether oxygens (including phenoxy) is 1. The number of hydrogen-bond acceptors (Lipinski definition) is 5. The van der Waals surface area contributed by atoms with Crippen LogP contribution in [0.15, 0.2) is 65.1 Å². The Morgan fingerprint density at radius 2 is 1.94 bits per heavy atom. The maximum absolute atomic E-state index is 13.3. The fourth-order valence-corrected chi connectivity index (χ4v) is 5.44. The highest BCUT2D eigenvalue weighted by molar-refractivity contribution is 7.91. The van der Waals surface area contributed by atoms with Gasteiger partial charge in [0.2, 0.25) is 0 Å². The molecule has 1 amide bonds. The van der Waals surface area contributed by atoms with Crippen molar-refractivity contribution in [1.29, 1.82) is 0 Å². The summed E-state index contributed by atoms with van der Waals surface area (Å²) in [6.45, 7) is 0.122. The van der Waals surface area contributed by atoms with Gasteiger partial charge in [-0.1, -0.05) is 6.07 Å². The molecule has 1 unspecified atom stereocenters. The molecular weight excluding hydrogens is 421 g/mol. The van der Waals surface area contributed by atoms with Crippen molar-refractivity contribution in [3.8, 4) is 17.1 Å². The summed E-state index contributed by atoms with van der Waals surface area (Å²) in [6.07, 6.45) is 0.379. The lowest BCUT2D eigenvalue weighted by molar-refractivity contribution is 0.0666. The van der Waals surface area contributed by atoms with Crippen molar-refractivity contribution in [2.45, 2.75) is 19.0 Å². The molecule has 1 atom stereocenters. The summed E-state index contributed by atoms with van der Waals surface area (Å²) < 4.78 is 48.4. The molecule has 0 spiro atoms. The summed E-state index contributed by atoms with van der Waals surface area (Å²) in [6, 6.07) is 15.7. The summed E-state index contributed by atoms with van der Waals surface area (Å²) in [5, 5.41) is 0. The highest BCUT2D eigenvalue weighted by atomic mass is 32.2. The Morgan fingerprint density at radius 1 is 1.16 bits per heavy atom. The van der Waals surface area contributed by atoms with Crippen LogP contribution in [0.5, 0.6) is 5.75 Å². The van der Waals surface area contributed by atoms with Crippen LogP contribution >= 0.6 is 0 Å². The van der Waals surface area contributed by atoms with Crippen LogP contribution < -0.4 is 4.74 Å². The second-order valence-corrected chi connectivity index (χ2v) is 9.72. The van der Waals surface area contributed by atoms with E-state index < -0.39 is 15.9 Å². The molecule has 0 saturated carbocycles. The van der Waals surface area contributed by atoms with Crippen molar-refractivity contribution < 1.29 is 26.8 Å². The molecule has 1 fully saturated rings. The van der Waals surface area contributed by atoms with E-state index in [4.69, 9.17) is 9.15 Å². The summed E-state index contributed by atoms with van der Waals surface area (Å²) in [7, 11) is -1.67. The average Bonchev–Trinajstić information content (AvgIpc) is 3.38. The third-order valence-electron chi connectivity index (χ3n) is 5.34. The van der Waals surface area contributed by atoms with Crippen LogP contribution in [0, 0.1) is 5.82 Å². The van der Waals surface area contributed by atoms with E-state index in [1.54, 1.807) is 53.4 Å². The molecule has 2 aromatic carbocycles. The maximum atomic E-state index is 13.3. The molecule has 0 aliphatic carbocycles. The van der Waals surface area contributed by atoms with Crippen molar-refractivity contribution in [3.63, 3.8) is 0 Å². The molecule has 1 saturated heterocycles. The number of halogens is 1. The van der Waals surface area contributed by atoms with E-state index in [2.05, 4.69) is 0 Å². The van der Waals surface area contributed by atoms with Crippen molar-refractivity contribution in [3.05, 3.63) is 77.8 Å². The van der Waals surface area contributed by atoms with Gasteiger partial charge in [-0.2, -0.15) is 0 Å². The van der Waals surface area contributed by atoms with Gasteiger partial charge in [-0.3, -0.25) is 4.79 Å². The number of benzene rings is 2. The van der Waals surface area contributed by atoms with Gasteiger partial charge in [0, 0.05) is 17.2 Å². The highest BCUT2D eigenvalue weighted by Gasteiger charge is 2.35. The molecule has 0 N–H and O–H groups in total. The molecule has 0 radical (unpaired) electrons. The van der Waals surface area contributed by atoms with Gasteiger partial charge in [-0.25, -0.2) is 12.8 Å². The predicted octanol–water partition coefficient (Wildman–Crippen LogP) is 3.92. The zero-order valence-electron chi connectivity index (χ0n) is 17.0. The summed E-state index contributed by atoms with van der Waals surface area (Å²) in [4.78, 5) is 14.9. The molecular formula is C23H22FNO5S. The van der Waals surface area contributed by atoms with E-state index in [1.807, 2.05) is 0 Å². The van der Waals surface area contributed by atoms with Gasteiger partial charge in [-0.15, -0.1) is 0 Å². The third kappa shape index (κ3) is 4.80. The van der Waals surface area contributed by atoms with Crippen molar-refractivity contribution in [1.82, 2.24) is 4.90 Å². The summed E-state index contributed by atoms with van der Waals surface area (Å²) in [5.74, 6) is 0.949. The molecule has 6 nitrogen and oxygen atoms in total. The minimum Gasteiger partial charge on any atom is -0.497 e. The second-order valence-electron chi connectivity index (χ2n) is 7.49. The van der Waals surface area contributed by atoms with Crippen LogP contribution in [0.1, 0.15) is 22.5 Å². The van der Waals surface area contributed by atoms with Crippen LogP contribution in [-0.4, -0.2) is 43.9 Å². The third-order valence-corrected chi connectivity index (χ3v) is 7.09. The monoisotopic (exact) mass is 443 g/mol. The van der Waals surface area contributed by atoms with E-state index in [0.29, 0.717) is 34.8 Å². The number of furan rings is 1. The molecule has 2 heterocycles. The van der Waals surface area contributed by atoms with Gasteiger partial charge < -0.3 is 14.1 Å². The topological polar surface area (TPSA) is 76.8 Å². The number of carbonyl (C=O) groups excluding carboxylic acids is 1. The number of nitrogens with zero attached hydrogens (tertiary/aromatic N) is 1. The Kier molecular flexibility index (Phi) is 5.82. The first kappa shape index (κ1) is 21.1. The highest BCUT2D eigenvalue weighted by Crippen LogP contribution is 2.27. The first-order valence-corrected chi connectivity index (χ1v) is 11.7. The van der Waals surface area contributed by atoms with Crippen LogP contribution in [0.3, 0.4) is 0 Å². The first-order chi connectivity index (χ1) is 14.8. The predicted molar refractivity (Wildman–Crippen MR) is 114 cm³/mol. The minimum absolute atomic E-state index is 0.0541. The van der Waals surface area contributed by atoms with Gasteiger partial charge in [0.05, 0.1) is 25.2 Å². The van der Waals surface area contributed by atoms with Crippen molar-refractivity contribution in [2.75, 3.05) is 18.6 Å². The van der Waals surface area contributed by atoms with Crippen molar-refractivity contribution >= 4 is 15.7 Å². The Morgan fingerprint density at radius 3 is 2.61 bits per heavy atom. The molecule has 0 bridgehead atoms. The number of amides is 1. The largest absolute Gasteiger partial charge is 0.497 e. The van der Waals surface area contributed by atoms with E-state index >= 15 is 0 Å². The van der Waals surface area contributed by atoms with Gasteiger partial charge >= 0.3 is 0 Å². The lowest BCUT2D eigenvalue weighted by atomic mass is 10.1. The summed E-state index contributed by atoms with van der Waals surface area (Å²) >= 11 is 0. The Balaban J connectivity index is 1.62. The molecule has 1 aromatic heterocycles. The van der Waals surface area contributed by atoms with E-state index in [-0.39, 0.29) is 29.8 Å². The van der Waals surface area contributed by atoms with Crippen LogP contribution in [-0.2, 0) is 16.4 Å². The summed E-state index contributed by atoms with van der Waals surface area (Å²) in [5.41, 5.74) is 1.12. The molecule has 1 aliphatic heterocycles. The number of hydrogen-bond donors (Lipinski definition) is 0. The Labute approximate surface area is 180 Å². The normalized spacial score (nSPS) is 17.4. The number of carbonyl (C=O) groups is 1. The maximum Gasteiger partial charge on any atom is 0.254 e. The quantitative estimate of drug-likeness (QED) is 0.577. The van der Waals surface area contributed by atoms with Gasteiger partial charge in [0.15, 0.2) is 9.84 Å². The number of rotatable bonds is 6. The standard InChI is InChI=1S/C23H22FNO5S/c1-29-20-4-2-3-17(13-20)23(26)25(19-11-12-31(27,28)15-19)14-21-9-10-22(30-21)16-5-7-18(24)8-6-16/h2-10,13,19H,11-12,14-15H2,1H3. The molecule has 3 aromatic rings. The van der Waals surface area contributed by atoms with Gasteiger partial charge in [0.1, 0.15) is 23.1 Å². The number of sulfone groups is 1. The molecule has 31 heavy (non-hydrogen) atoms. The van der Waals surface area contributed by atoms with Crippen LogP contribution in [0.2, 0.25) is 0 Å². The molecule has 8 heteroatoms. The Hall–Kier alpha value is -3.13. The molecule has 4 rings (SSSR count). The second kappa shape index (κ2) is 8.55. The van der Waals surface area contributed by atoms with Crippen LogP contribution in [0.25, 0.3) is 11.3 Å². The average molecular weight is 443 g/mol. The molecule has 1 aliphatic rings. The lowest BCUT2D eigenvalue weighted by Crippen LogP contribution is -2.40. The van der Waals surface area contributed by atoms with E-state index in [1.165, 1.54) is 19.2 Å². The van der Waals surface area contributed by atoms with Crippen LogP contribution in [0.4, 0.5) is 4.39 Å². The Bertz CT molecular complexity index is 1190. The smallest absolute Gasteiger partial charge is 0.254 e. The van der Waals surface area contributed by atoms with E-state index in [0.717, 1.165) is 0 Å². The minimum atomic E-state index is -3.19. The SMILES string of the molecule is COc1cccc(C(=O)N(Cc2ccc(-c3ccc(F)cc3)o2)C2CCS(=O)(=O)C2)c1. The fraction of sp³-hybridized carbons (Fsp3) is 0.261. The van der Waals surface area contributed by atoms with Crippen molar-refractivity contribution in [2.24, 2.45) is 0 Å². The molecule has 162 valence electrons. The number of methoxy groups -OCH3 is 1.